The lowest BCUT2D eigenvalue weighted by Gasteiger charge is -2.19. The van der Waals surface area contributed by atoms with Crippen molar-refractivity contribution in [3.05, 3.63) is 60.8 Å². The number of esters is 2. The van der Waals surface area contributed by atoms with Crippen LogP contribution >= 0.6 is 7.82 Å². The first-order chi connectivity index (χ1) is 39.3. The molecule has 468 valence electrons. The van der Waals surface area contributed by atoms with Crippen molar-refractivity contribution in [2.45, 2.75) is 347 Å². The molecule has 0 rings (SSSR count). The summed E-state index contributed by atoms with van der Waals surface area (Å²) in [5.74, 6) is -0.813. The van der Waals surface area contributed by atoms with Crippen LogP contribution < -0.4 is 5.73 Å². The van der Waals surface area contributed by atoms with E-state index in [2.05, 4.69) is 74.6 Å². The van der Waals surface area contributed by atoms with Crippen molar-refractivity contribution in [2.24, 2.45) is 5.73 Å². The molecule has 2 atom stereocenters. The molecule has 0 aromatic heterocycles. The maximum absolute atomic E-state index is 12.8. The SMILES string of the molecule is CC/C=C\C/C=C\C/C=C\C/C=C\C/C=C\CCCCCCCCCCCCCCCC(=O)OC(COC(=O)CCCCCCCCCCCCCCCCCCCCCCCCCCCCCCCC)COP(=O)(O)OCCN. The molecule has 9 nitrogen and oxygen atoms in total. The smallest absolute Gasteiger partial charge is 0.462 e. The predicted octanol–water partition coefficient (Wildman–Crippen LogP) is 22.2. The first-order valence-corrected chi connectivity index (χ1v) is 35.8. The number of phosphoric acid groups is 1. The number of nitrogens with two attached hydrogens (primary N) is 1. The lowest BCUT2D eigenvalue weighted by atomic mass is 10.0. The van der Waals surface area contributed by atoms with E-state index >= 15 is 0 Å². The van der Waals surface area contributed by atoms with Crippen molar-refractivity contribution in [1.82, 2.24) is 0 Å². The van der Waals surface area contributed by atoms with Crippen LogP contribution in [0.25, 0.3) is 0 Å². The fraction of sp³-hybridized carbons (Fsp3) is 0.829. The highest BCUT2D eigenvalue weighted by Gasteiger charge is 2.26. The molecule has 3 N–H and O–H groups in total. The maximum atomic E-state index is 12.8. The van der Waals surface area contributed by atoms with Crippen LogP contribution in [-0.2, 0) is 32.7 Å². The van der Waals surface area contributed by atoms with Gasteiger partial charge in [-0.15, -0.1) is 0 Å². The topological polar surface area (TPSA) is 134 Å². The van der Waals surface area contributed by atoms with E-state index in [9.17, 15) is 19.0 Å². The summed E-state index contributed by atoms with van der Waals surface area (Å²) in [6, 6.07) is 0. The molecule has 80 heavy (non-hydrogen) atoms. The number of carbonyl (C=O) groups is 2. The largest absolute Gasteiger partial charge is 0.472 e. The maximum Gasteiger partial charge on any atom is 0.472 e. The van der Waals surface area contributed by atoms with E-state index < -0.39 is 26.5 Å². The molecule has 0 heterocycles. The third-order valence-corrected chi connectivity index (χ3v) is 16.2. The second-order valence-electron chi connectivity index (χ2n) is 23.0. The predicted molar refractivity (Wildman–Crippen MR) is 344 cm³/mol. The lowest BCUT2D eigenvalue weighted by Crippen LogP contribution is -2.29. The molecule has 0 aromatic rings. The van der Waals surface area contributed by atoms with Crippen LogP contribution in [0.2, 0.25) is 0 Å². The summed E-state index contributed by atoms with van der Waals surface area (Å²) in [7, 11) is -4.39. The minimum absolute atomic E-state index is 0.0535. The molecule has 0 radical (unpaired) electrons. The molecule has 0 aromatic carbocycles. The number of allylic oxidation sites excluding steroid dienone is 10. The second kappa shape index (κ2) is 65.9. The summed E-state index contributed by atoms with van der Waals surface area (Å²) in [4.78, 5) is 35.3. The average molecular weight is 1140 g/mol. The van der Waals surface area contributed by atoms with Gasteiger partial charge in [0.15, 0.2) is 6.10 Å². The molecule has 0 saturated heterocycles. The van der Waals surface area contributed by atoms with E-state index in [1.165, 1.54) is 238 Å². The molecule has 0 amide bonds. The number of ether oxygens (including phenoxy) is 2. The van der Waals surface area contributed by atoms with Crippen molar-refractivity contribution < 1.29 is 37.6 Å². The molecule has 0 aliphatic rings. The van der Waals surface area contributed by atoms with Crippen LogP contribution in [0.4, 0.5) is 0 Å². The molecule has 10 heteroatoms. The lowest BCUT2D eigenvalue weighted by molar-refractivity contribution is -0.161. The Morgan fingerprint density at radius 1 is 0.388 bits per heavy atom. The Morgan fingerprint density at radius 3 is 1.02 bits per heavy atom. The van der Waals surface area contributed by atoms with Crippen LogP contribution in [0.3, 0.4) is 0 Å². The number of unbranched alkanes of at least 4 members (excludes halogenated alkanes) is 42. The zero-order valence-corrected chi connectivity index (χ0v) is 53.5. The summed E-state index contributed by atoms with van der Waals surface area (Å²) in [6.45, 7) is 3.69. The Hall–Kier alpha value is -2.29. The van der Waals surface area contributed by atoms with Gasteiger partial charge >= 0.3 is 19.8 Å². The minimum Gasteiger partial charge on any atom is -0.462 e. The standard InChI is InChI=1S/C70H130NO8P/c1-3-5-7-9-11-13-15-17-19-21-23-25-27-29-31-33-35-36-38-40-42-44-46-48-50-52-54-56-58-60-62-69(72)76-66-68(67-78-80(74,75)77-65-64-71)79-70(73)63-61-59-57-55-53-51-49-47-45-43-41-39-37-34-32-30-28-26-24-22-20-18-16-14-12-10-8-6-4-2/h6,8,12,14,18,20,24,26,30,32,68H,3-5,7,9-11,13,15-17,19,21-23,25,27-29,31,33-67,71H2,1-2H3,(H,74,75)/b8-6-,14-12-,20-18-,26-24-,32-30-. The Balaban J connectivity index is 3.86. The highest BCUT2D eigenvalue weighted by molar-refractivity contribution is 7.47. The van der Waals surface area contributed by atoms with Crippen LogP contribution in [0.5, 0.6) is 0 Å². The van der Waals surface area contributed by atoms with Gasteiger partial charge in [0.1, 0.15) is 6.61 Å². The normalized spacial score (nSPS) is 13.3. The fourth-order valence-corrected chi connectivity index (χ4v) is 10.9. The highest BCUT2D eigenvalue weighted by atomic mass is 31.2. The summed E-state index contributed by atoms with van der Waals surface area (Å²) in [5, 5.41) is 0. The number of rotatable bonds is 65. The van der Waals surface area contributed by atoms with Crippen LogP contribution in [-0.4, -0.2) is 49.3 Å². The number of hydrogen-bond acceptors (Lipinski definition) is 8. The average Bonchev–Trinajstić information content (AvgIpc) is 3.45. The van der Waals surface area contributed by atoms with Gasteiger partial charge in [0.05, 0.1) is 13.2 Å². The van der Waals surface area contributed by atoms with E-state index in [0.717, 1.165) is 70.6 Å². The molecule has 0 bridgehead atoms. The van der Waals surface area contributed by atoms with E-state index in [0.29, 0.717) is 6.42 Å². The second-order valence-corrected chi connectivity index (χ2v) is 24.5. The third kappa shape index (κ3) is 64.9. The van der Waals surface area contributed by atoms with Gasteiger partial charge in [0.2, 0.25) is 0 Å². The van der Waals surface area contributed by atoms with E-state index in [4.69, 9.17) is 24.3 Å². The van der Waals surface area contributed by atoms with Crippen molar-refractivity contribution in [2.75, 3.05) is 26.4 Å². The molecule has 0 aliphatic carbocycles. The van der Waals surface area contributed by atoms with E-state index in [1.54, 1.807) is 0 Å². The van der Waals surface area contributed by atoms with Gasteiger partial charge in [-0.25, -0.2) is 4.57 Å². The van der Waals surface area contributed by atoms with Gasteiger partial charge in [-0.05, 0) is 57.8 Å². The van der Waals surface area contributed by atoms with Gasteiger partial charge in [-0.1, -0.05) is 331 Å². The van der Waals surface area contributed by atoms with Gasteiger partial charge in [0, 0.05) is 19.4 Å². The van der Waals surface area contributed by atoms with Crippen LogP contribution in [0.15, 0.2) is 60.8 Å². The van der Waals surface area contributed by atoms with Gasteiger partial charge in [-0.2, -0.15) is 0 Å². The Morgan fingerprint density at radius 2 is 0.688 bits per heavy atom. The number of phosphoric ester groups is 1. The van der Waals surface area contributed by atoms with Crippen LogP contribution in [0, 0.1) is 0 Å². The summed E-state index contributed by atoms with van der Waals surface area (Å²) in [6.07, 6.45) is 84.6. The van der Waals surface area contributed by atoms with Gasteiger partial charge < -0.3 is 20.1 Å². The van der Waals surface area contributed by atoms with Gasteiger partial charge in [0.25, 0.3) is 0 Å². The summed E-state index contributed by atoms with van der Waals surface area (Å²) >= 11 is 0. The Bertz CT molecular complexity index is 1490. The Labute approximate surface area is 495 Å². The van der Waals surface area contributed by atoms with Crippen molar-refractivity contribution in [3.8, 4) is 0 Å². The first kappa shape index (κ1) is 77.7. The number of carbonyl (C=O) groups excluding carboxylic acids is 2. The summed E-state index contributed by atoms with van der Waals surface area (Å²) in [5.41, 5.74) is 5.40. The minimum atomic E-state index is -4.39. The number of hydrogen-bond donors (Lipinski definition) is 2. The molecule has 0 spiro atoms. The molecular formula is C70H130NO8P. The fourth-order valence-electron chi connectivity index (χ4n) is 10.1. The molecular weight excluding hydrogens is 1010 g/mol. The zero-order chi connectivity index (χ0) is 58.0. The van der Waals surface area contributed by atoms with Crippen molar-refractivity contribution >= 4 is 19.8 Å². The quantitative estimate of drug-likeness (QED) is 0.0264. The monoisotopic (exact) mass is 1140 g/mol. The third-order valence-electron chi connectivity index (χ3n) is 15.2. The summed E-state index contributed by atoms with van der Waals surface area (Å²) < 4.78 is 33.2. The Kier molecular flexibility index (Phi) is 64.0. The molecule has 0 saturated carbocycles. The zero-order valence-electron chi connectivity index (χ0n) is 52.6. The van der Waals surface area contributed by atoms with E-state index in [1.807, 2.05) is 0 Å². The van der Waals surface area contributed by atoms with Crippen LogP contribution in [0.1, 0.15) is 341 Å². The molecule has 2 unspecified atom stereocenters. The highest BCUT2D eigenvalue weighted by Crippen LogP contribution is 2.43. The molecule has 0 fully saturated rings. The van der Waals surface area contributed by atoms with Crippen molar-refractivity contribution in [1.29, 1.82) is 0 Å². The van der Waals surface area contributed by atoms with E-state index in [-0.39, 0.29) is 38.6 Å². The molecule has 0 aliphatic heterocycles. The first-order valence-electron chi connectivity index (χ1n) is 34.3. The van der Waals surface area contributed by atoms with Gasteiger partial charge in [-0.3, -0.25) is 18.6 Å². The van der Waals surface area contributed by atoms with Crippen molar-refractivity contribution in [3.63, 3.8) is 0 Å².